The molecule has 0 radical (unpaired) electrons. The molecule has 0 saturated carbocycles. The number of nitrogen functional groups attached to an aromatic ring is 1. The highest BCUT2D eigenvalue weighted by Gasteiger charge is 2.07. The molecule has 90 valence electrons. The summed E-state index contributed by atoms with van der Waals surface area (Å²) in [6.07, 6.45) is 0. The van der Waals surface area contributed by atoms with Crippen molar-refractivity contribution in [2.75, 3.05) is 12.8 Å². The Bertz CT molecular complexity index is 511. The monoisotopic (exact) mass is 235 g/mol. The lowest BCUT2D eigenvalue weighted by Gasteiger charge is -2.09. The molecule has 0 amide bonds. The summed E-state index contributed by atoms with van der Waals surface area (Å²) >= 11 is 0. The molecule has 0 spiro atoms. The Morgan fingerprint density at radius 2 is 2.18 bits per heavy atom. The van der Waals surface area contributed by atoms with Gasteiger partial charge in [-0.15, -0.1) is 10.2 Å². The van der Waals surface area contributed by atoms with Gasteiger partial charge in [0.2, 0.25) is 5.82 Å². The highest BCUT2D eigenvalue weighted by molar-refractivity contribution is 5.51. The third-order valence-electron chi connectivity index (χ3n) is 2.09. The molecule has 1 aromatic heterocycles. The number of aromatic nitrogens is 4. The first kappa shape index (κ1) is 11.2. The van der Waals surface area contributed by atoms with Gasteiger partial charge in [-0.25, -0.2) is 0 Å². The first-order valence-electron chi connectivity index (χ1n) is 4.98. The molecule has 0 atom stereocenters. The molecule has 0 unspecified atom stereocenters. The number of hydrogen-bond acceptors (Lipinski definition) is 6. The number of nitrogens with zero attached hydrogens (tertiary/aromatic N) is 4. The summed E-state index contributed by atoms with van der Waals surface area (Å²) in [5, 5.41) is 11.5. The standard InChI is InChI=1S/C10H13N5O2/c1-15-13-10(12-14-15)6-17-9-5-7(11)3-4-8(9)16-2/h3-5H,6,11H2,1-2H3. The van der Waals surface area contributed by atoms with Crippen LogP contribution in [0.15, 0.2) is 18.2 Å². The third kappa shape index (κ3) is 2.63. The van der Waals surface area contributed by atoms with Crippen LogP contribution in [-0.4, -0.2) is 27.3 Å². The van der Waals surface area contributed by atoms with Gasteiger partial charge in [-0.3, -0.25) is 0 Å². The molecule has 1 heterocycles. The fourth-order valence-electron chi connectivity index (χ4n) is 1.33. The third-order valence-corrected chi connectivity index (χ3v) is 2.09. The van der Waals surface area contributed by atoms with E-state index >= 15 is 0 Å². The average molecular weight is 235 g/mol. The molecule has 2 aromatic rings. The smallest absolute Gasteiger partial charge is 0.212 e. The van der Waals surface area contributed by atoms with Gasteiger partial charge in [-0.1, -0.05) is 0 Å². The van der Waals surface area contributed by atoms with Crippen molar-refractivity contribution in [2.45, 2.75) is 6.61 Å². The van der Waals surface area contributed by atoms with E-state index in [1.165, 1.54) is 4.80 Å². The van der Waals surface area contributed by atoms with Crippen LogP contribution in [0.5, 0.6) is 11.5 Å². The predicted octanol–water partition coefficient (Wildman–Crippen LogP) is 0.380. The largest absolute Gasteiger partial charge is 0.493 e. The van der Waals surface area contributed by atoms with Crippen LogP contribution in [0.3, 0.4) is 0 Å². The summed E-state index contributed by atoms with van der Waals surface area (Å²) in [5.41, 5.74) is 6.28. The van der Waals surface area contributed by atoms with Gasteiger partial charge in [0, 0.05) is 11.8 Å². The summed E-state index contributed by atoms with van der Waals surface area (Å²) < 4.78 is 10.7. The van der Waals surface area contributed by atoms with Crippen LogP contribution >= 0.6 is 0 Å². The number of anilines is 1. The highest BCUT2D eigenvalue weighted by Crippen LogP contribution is 2.29. The maximum Gasteiger partial charge on any atom is 0.212 e. The van der Waals surface area contributed by atoms with Gasteiger partial charge < -0.3 is 15.2 Å². The zero-order valence-electron chi connectivity index (χ0n) is 9.62. The van der Waals surface area contributed by atoms with Gasteiger partial charge in [0.05, 0.1) is 14.2 Å². The molecule has 7 heteroatoms. The summed E-state index contributed by atoms with van der Waals surface area (Å²) in [5.74, 6) is 1.67. The molecule has 2 rings (SSSR count). The lowest BCUT2D eigenvalue weighted by atomic mass is 10.3. The first-order chi connectivity index (χ1) is 8.19. The molecule has 0 fully saturated rings. The van der Waals surface area contributed by atoms with Crippen LogP contribution in [0, 0.1) is 0 Å². The summed E-state index contributed by atoms with van der Waals surface area (Å²) in [4.78, 5) is 1.37. The lowest BCUT2D eigenvalue weighted by molar-refractivity contribution is 0.276. The second-order valence-electron chi connectivity index (χ2n) is 3.39. The SMILES string of the molecule is COc1ccc(N)cc1OCc1nnn(C)n1. The minimum absolute atomic E-state index is 0.216. The van der Waals surface area contributed by atoms with Gasteiger partial charge in [0.25, 0.3) is 0 Å². The van der Waals surface area contributed by atoms with E-state index in [2.05, 4.69) is 15.4 Å². The minimum atomic E-state index is 0.216. The maximum absolute atomic E-state index is 5.67. The predicted molar refractivity (Wildman–Crippen MR) is 60.5 cm³/mol. The van der Waals surface area contributed by atoms with Crippen molar-refractivity contribution in [1.29, 1.82) is 0 Å². The summed E-state index contributed by atoms with van der Waals surface area (Å²) in [7, 11) is 3.26. The van der Waals surface area contributed by atoms with E-state index in [9.17, 15) is 0 Å². The Labute approximate surface area is 98.1 Å². The molecule has 0 bridgehead atoms. The van der Waals surface area contributed by atoms with Crippen LogP contribution in [0.4, 0.5) is 5.69 Å². The molecular weight excluding hydrogens is 222 g/mol. The van der Waals surface area contributed by atoms with E-state index < -0.39 is 0 Å². The number of nitrogens with two attached hydrogens (primary N) is 1. The Morgan fingerprint density at radius 3 is 2.82 bits per heavy atom. The van der Waals surface area contributed by atoms with E-state index in [4.69, 9.17) is 15.2 Å². The number of benzene rings is 1. The molecule has 7 nitrogen and oxygen atoms in total. The quantitative estimate of drug-likeness (QED) is 0.771. The molecule has 1 aromatic carbocycles. The van der Waals surface area contributed by atoms with E-state index in [0.717, 1.165) is 0 Å². The molecule has 2 N–H and O–H groups in total. The fourth-order valence-corrected chi connectivity index (χ4v) is 1.33. The topological polar surface area (TPSA) is 88.1 Å². The van der Waals surface area contributed by atoms with E-state index in [1.54, 1.807) is 32.4 Å². The number of ether oxygens (including phenoxy) is 2. The van der Waals surface area contributed by atoms with E-state index in [0.29, 0.717) is 23.0 Å². The number of rotatable bonds is 4. The van der Waals surface area contributed by atoms with Crippen molar-refractivity contribution in [2.24, 2.45) is 7.05 Å². The molecule has 0 aliphatic rings. The van der Waals surface area contributed by atoms with Crippen LogP contribution in [0.2, 0.25) is 0 Å². The van der Waals surface area contributed by atoms with Gasteiger partial charge in [0.15, 0.2) is 18.1 Å². The first-order valence-corrected chi connectivity index (χ1v) is 4.98. The van der Waals surface area contributed by atoms with Crippen molar-refractivity contribution in [3.63, 3.8) is 0 Å². The lowest BCUT2D eigenvalue weighted by Crippen LogP contribution is -2.01. The second-order valence-corrected chi connectivity index (χ2v) is 3.39. The minimum Gasteiger partial charge on any atom is -0.493 e. The van der Waals surface area contributed by atoms with Gasteiger partial charge in [0.1, 0.15) is 0 Å². The average Bonchev–Trinajstić information content (AvgIpc) is 2.73. The van der Waals surface area contributed by atoms with Gasteiger partial charge >= 0.3 is 0 Å². The van der Waals surface area contributed by atoms with Crippen LogP contribution in [0.25, 0.3) is 0 Å². The highest BCUT2D eigenvalue weighted by atomic mass is 16.5. The van der Waals surface area contributed by atoms with Crippen LogP contribution in [0.1, 0.15) is 5.82 Å². The molecule has 0 aliphatic heterocycles. The van der Waals surface area contributed by atoms with Crippen LogP contribution in [-0.2, 0) is 13.7 Å². The molecule has 0 aliphatic carbocycles. The van der Waals surface area contributed by atoms with Crippen molar-refractivity contribution < 1.29 is 9.47 Å². The normalized spacial score (nSPS) is 10.2. The van der Waals surface area contributed by atoms with Crippen molar-refractivity contribution in [3.8, 4) is 11.5 Å². The fraction of sp³-hybridized carbons (Fsp3) is 0.300. The number of methoxy groups -OCH3 is 1. The second kappa shape index (κ2) is 4.69. The summed E-state index contributed by atoms with van der Waals surface area (Å²) in [6.45, 7) is 0.216. The molecular formula is C10H13N5O2. The zero-order chi connectivity index (χ0) is 12.3. The zero-order valence-corrected chi connectivity index (χ0v) is 9.62. The van der Waals surface area contributed by atoms with E-state index in [1.807, 2.05) is 0 Å². The number of hydrogen-bond donors (Lipinski definition) is 1. The number of tetrazole rings is 1. The maximum atomic E-state index is 5.67. The number of aryl methyl sites for hydroxylation is 1. The summed E-state index contributed by atoms with van der Waals surface area (Å²) in [6, 6.07) is 5.18. The van der Waals surface area contributed by atoms with Crippen molar-refractivity contribution >= 4 is 5.69 Å². The Hall–Kier alpha value is -2.31. The van der Waals surface area contributed by atoms with Crippen molar-refractivity contribution in [1.82, 2.24) is 20.2 Å². The Kier molecular flexibility index (Phi) is 3.08. The Balaban J connectivity index is 2.10. The van der Waals surface area contributed by atoms with Crippen molar-refractivity contribution in [3.05, 3.63) is 24.0 Å². The van der Waals surface area contributed by atoms with E-state index in [-0.39, 0.29) is 6.61 Å². The van der Waals surface area contributed by atoms with Gasteiger partial charge in [-0.05, 0) is 17.3 Å². The Morgan fingerprint density at radius 1 is 1.35 bits per heavy atom. The van der Waals surface area contributed by atoms with Crippen LogP contribution < -0.4 is 15.2 Å². The van der Waals surface area contributed by atoms with Gasteiger partial charge in [-0.2, -0.15) is 4.80 Å². The molecule has 0 saturated heterocycles. The molecule has 17 heavy (non-hydrogen) atoms.